The van der Waals surface area contributed by atoms with E-state index in [-0.39, 0.29) is 10.3 Å². The Hall–Kier alpha value is 0.240. The summed E-state index contributed by atoms with van der Waals surface area (Å²) in [6.45, 7) is 0. The van der Waals surface area contributed by atoms with Gasteiger partial charge in [-0.3, -0.25) is 0 Å². The monoisotopic (exact) mass is 230 g/mol. The minimum absolute atomic E-state index is 0.181. The van der Waals surface area contributed by atoms with Gasteiger partial charge in [0.2, 0.25) is 0 Å². The molecule has 0 saturated carbocycles. The quantitative estimate of drug-likeness (QED) is 0.548. The Morgan fingerprint density at radius 2 is 1.55 bits per heavy atom. The van der Waals surface area contributed by atoms with Crippen LogP contribution in [0.15, 0.2) is 6.33 Å². The maximum atomic E-state index is 5.62. The molecule has 0 bridgehead atoms. The average molecular weight is 232 g/mol. The molecule has 0 atom stereocenters. The molecule has 60 valence electrons. The van der Waals surface area contributed by atoms with Gasteiger partial charge in [-0.15, -0.1) is 0 Å². The molecule has 0 unspecified atom stereocenters. The first kappa shape index (κ1) is 9.33. The molecule has 0 aliphatic carbocycles. The minimum Gasteiger partial charge on any atom is -0.224 e. The number of nitrogens with zero attached hydrogens (tertiary/aromatic N) is 2. The van der Waals surface area contributed by atoms with Crippen molar-refractivity contribution in [2.75, 3.05) is 0 Å². The van der Waals surface area contributed by atoms with Crippen LogP contribution in [0.3, 0.4) is 0 Å². The lowest BCUT2D eigenvalue weighted by Gasteiger charge is -2.03. The van der Waals surface area contributed by atoms with Gasteiger partial charge in [-0.1, -0.05) is 46.4 Å². The molecular weight excluding hydrogens is 230 g/mol. The van der Waals surface area contributed by atoms with Gasteiger partial charge in [-0.25, -0.2) is 9.97 Å². The lowest BCUT2D eigenvalue weighted by molar-refractivity contribution is 1.11. The van der Waals surface area contributed by atoms with E-state index in [1.165, 1.54) is 6.33 Å². The SMILES string of the molecule is Clc1ncnc(Cl)c1C(Cl)Cl. The van der Waals surface area contributed by atoms with Gasteiger partial charge in [0, 0.05) is 0 Å². The molecule has 0 radical (unpaired) electrons. The smallest absolute Gasteiger partial charge is 0.139 e. The standard InChI is InChI=1S/C5H2Cl4N2/c6-3(7)2-4(8)10-1-11-5(2)9/h1,3H. The number of hydrogen-bond donors (Lipinski definition) is 0. The Kier molecular flexibility index (Phi) is 3.19. The fourth-order valence-corrected chi connectivity index (χ4v) is 1.70. The first-order valence-corrected chi connectivity index (χ1v) is 4.20. The predicted octanol–water partition coefficient (Wildman–Crippen LogP) is 3.26. The van der Waals surface area contributed by atoms with Crippen molar-refractivity contribution in [3.63, 3.8) is 0 Å². The molecule has 1 rings (SSSR count). The van der Waals surface area contributed by atoms with Crippen LogP contribution in [0.5, 0.6) is 0 Å². The van der Waals surface area contributed by atoms with Crippen LogP contribution in [0.1, 0.15) is 10.4 Å². The molecule has 1 aromatic rings. The van der Waals surface area contributed by atoms with Crippen LogP contribution in [-0.2, 0) is 0 Å². The molecule has 0 aromatic carbocycles. The Morgan fingerprint density at radius 1 is 1.09 bits per heavy atom. The van der Waals surface area contributed by atoms with Crippen molar-refractivity contribution < 1.29 is 0 Å². The third-order valence-electron chi connectivity index (χ3n) is 1.00. The van der Waals surface area contributed by atoms with Crippen molar-refractivity contribution >= 4 is 46.4 Å². The Balaban J connectivity index is 3.21. The lowest BCUT2D eigenvalue weighted by Crippen LogP contribution is -1.91. The van der Waals surface area contributed by atoms with Gasteiger partial charge in [0.1, 0.15) is 21.5 Å². The molecule has 0 N–H and O–H groups in total. The van der Waals surface area contributed by atoms with E-state index in [0.29, 0.717) is 5.56 Å². The molecular formula is C5H2Cl4N2. The summed E-state index contributed by atoms with van der Waals surface area (Å²) in [5.74, 6) is 0. The van der Waals surface area contributed by atoms with Crippen molar-refractivity contribution in [3.8, 4) is 0 Å². The molecule has 0 aliphatic heterocycles. The maximum Gasteiger partial charge on any atom is 0.139 e. The van der Waals surface area contributed by atoms with Crippen molar-refractivity contribution in [1.29, 1.82) is 0 Å². The Morgan fingerprint density at radius 3 is 1.82 bits per heavy atom. The minimum atomic E-state index is -0.795. The second-order valence-corrected chi connectivity index (χ2v) is 3.48. The van der Waals surface area contributed by atoms with Gasteiger partial charge in [-0.05, 0) is 0 Å². The molecule has 0 saturated heterocycles. The number of rotatable bonds is 1. The van der Waals surface area contributed by atoms with Gasteiger partial charge >= 0.3 is 0 Å². The molecule has 11 heavy (non-hydrogen) atoms. The van der Waals surface area contributed by atoms with E-state index < -0.39 is 4.84 Å². The zero-order valence-electron chi connectivity index (χ0n) is 5.06. The highest BCUT2D eigenvalue weighted by Gasteiger charge is 2.14. The third kappa shape index (κ3) is 2.09. The van der Waals surface area contributed by atoms with E-state index in [1.807, 2.05) is 0 Å². The molecule has 0 spiro atoms. The van der Waals surface area contributed by atoms with E-state index in [4.69, 9.17) is 46.4 Å². The van der Waals surface area contributed by atoms with Crippen LogP contribution in [0, 0.1) is 0 Å². The number of alkyl halides is 2. The topological polar surface area (TPSA) is 25.8 Å². The fourth-order valence-electron chi connectivity index (χ4n) is 0.535. The zero-order chi connectivity index (χ0) is 8.43. The Labute approximate surface area is 83.4 Å². The van der Waals surface area contributed by atoms with Crippen LogP contribution in [0.4, 0.5) is 0 Å². The van der Waals surface area contributed by atoms with E-state index in [1.54, 1.807) is 0 Å². The molecule has 0 fully saturated rings. The van der Waals surface area contributed by atoms with Crippen molar-refractivity contribution in [2.45, 2.75) is 4.84 Å². The highest BCUT2D eigenvalue weighted by molar-refractivity contribution is 6.46. The second kappa shape index (κ2) is 3.76. The largest absolute Gasteiger partial charge is 0.224 e. The first-order chi connectivity index (χ1) is 5.13. The van der Waals surface area contributed by atoms with Crippen LogP contribution < -0.4 is 0 Å². The zero-order valence-corrected chi connectivity index (χ0v) is 8.08. The average Bonchev–Trinajstić information content (AvgIpc) is 1.85. The van der Waals surface area contributed by atoms with Crippen molar-refractivity contribution in [2.24, 2.45) is 0 Å². The lowest BCUT2D eigenvalue weighted by atomic mass is 10.4. The summed E-state index contributed by atoms with van der Waals surface area (Å²) < 4.78 is 0. The van der Waals surface area contributed by atoms with Gasteiger partial charge in [0.05, 0.1) is 5.56 Å². The number of hydrogen-bond acceptors (Lipinski definition) is 2. The highest BCUT2D eigenvalue weighted by atomic mass is 35.5. The van der Waals surface area contributed by atoms with E-state index in [0.717, 1.165) is 0 Å². The molecule has 1 aromatic heterocycles. The summed E-state index contributed by atoms with van der Waals surface area (Å²) >= 11 is 22.3. The summed E-state index contributed by atoms with van der Waals surface area (Å²) in [4.78, 5) is 6.53. The molecule has 0 amide bonds. The second-order valence-electron chi connectivity index (χ2n) is 1.67. The van der Waals surface area contributed by atoms with Crippen LogP contribution >= 0.6 is 46.4 Å². The van der Waals surface area contributed by atoms with Gasteiger partial charge in [0.25, 0.3) is 0 Å². The van der Waals surface area contributed by atoms with Gasteiger partial charge in [-0.2, -0.15) is 0 Å². The van der Waals surface area contributed by atoms with Gasteiger partial charge < -0.3 is 0 Å². The third-order valence-corrected chi connectivity index (χ3v) is 2.04. The molecule has 0 aliphatic rings. The van der Waals surface area contributed by atoms with Crippen LogP contribution in [0.25, 0.3) is 0 Å². The van der Waals surface area contributed by atoms with E-state index in [9.17, 15) is 0 Å². The summed E-state index contributed by atoms with van der Waals surface area (Å²) in [5, 5.41) is 0.361. The summed E-state index contributed by atoms with van der Waals surface area (Å²) in [5.41, 5.74) is 0.346. The molecule has 6 heteroatoms. The Bertz CT molecular complexity index is 242. The predicted molar refractivity (Wildman–Crippen MR) is 46.5 cm³/mol. The van der Waals surface area contributed by atoms with Crippen LogP contribution in [0.2, 0.25) is 10.3 Å². The van der Waals surface area contributed by atoms with Gasteiger partial charge in [0.15, 0.2) is 0 Å². The molecule has 1 heterocycles. The first-order valence-electron chi connectivity index (χ1n) is 2.57. The highest BCUT2D eigenvalue weighted by Crippen LogP contribution is 2.33. The summed E-state index contributed by atoms with van der Waals surface area (Å²) in [7, 11) is 0. The number of aromatic nitrogens is 2. The summed E-state index contributed by atoms with van der Waals surface area (Å²) in [6, 6.07) is 0. The van der Waals surface area contributed by atoms with Crippen molar-refractivity contribution in [1.82, 2.24) is 9.97 Å². The van der Waals surface area contributed by atoms with E-state index in [2.05, 4.69) is 9.97 Å². The maximum absolute atomic E-state index is 5.62. The van der Waals surface area contributed by atoms with Crippen molar-refractivity contribution in [3.05, 3.63) is 22.2 Å². The molecule has 2 nitrogen and oxygen atoms in total. The fraction of sp³-hybridized carbons (Fsp3) is 0.200. The number of halogens is 4. The summed E-state index contributed by atoms with van der Waals surface area (Å²) in [6.07, 6.45) is 1.24. The normalized spacial score (nSPS) is 10.6. The van der Waals surface area contributed by atoms with E-state index >= 15 is 0 Å². The van der Waals surface area contributed by atoms with Crippen LogP contribution in [-0.4, -0.2) is 9.97 Å².